The number of aryl methyl sites for hydroxylation is 1. The van der Waals surface area contributed by atoms with Crippen molar-refractivity contribution in [3.8, 4) is 0 Å². The van der Waals surface area contributed by atoms with Crippen LogP contribution in [0.4, 0.5) is 8.78 Å². The number of ether oxygens (including phenoxy) is 1. The Bertz CT molecular complexity index is 562. The van der Waals surface area contributed by atoms with E-state index in [1.807, 2.05) is 12.1 Å². The molecule has 1 atom stereocenters. The quantitative estimate of drug-likeness (QED) is 0.795. The molecule has 6 heteroatoms. The fourth-order valence-corrected chi connectivity index (χ4v) is 3.26. The van der Waals surface area contributed by atoms with Gasteiger partial charge in [-0.1, -0.05) is 22.0 Å². The third kappa shape index (κ3) is 1.84. The molecular weight excluding hydrogens is 318 g/mol. The van der Waals surface area contributed by atoms with Crippen LogP contribution in [0.5, 0.6) is 0 Å². The SMILES string of the molecule is NC1=NC2(CCCc3ccc(Br)cc32)C(F)(F)CO1. The number of rotatable bonds is 0. The van der Waals surface area contributed by atoms with Gasteiger partial charge in [0.15, 0.2) is 12.1 Å². The van der Waals surface area contributed by atoms with Crippen LogP contribution in [-0.4, -0.2) is 18.6 Å². The van der Waals surface area contributed by atoms with Gasteiger partial charge < -0.3 is 10.5 Å². The Balaban J connectivity index is 2.25. The van der Waals surface area contributed by atoms with Gasteiger partial charge in [0.25, 0.3) is 6.02 Å². The minimum atomic E-state index is -3.05. The van der Waals surface area contributed by atoms with E-state index in [-0.39, 0.29) is 12.4 Å². The van der Waals surface area contributed by atoms with Crippen LogP contribution < -0.4 is 5.73 Å². The Hall–Kier alpha value is -1.17. The average Bonchev–Trinajstić information content (AvgIpc) is 2.36. The van der Waals surface area contributed by atoms with Gasteiger partial charge in [-0.15, -0.1) is 0 Å². The van der Waals surface area contributed by atoms with Crippen LogP contribution in [-0.2, 0) is 16.7 Å². The van der Waals surface area contributed by atoms with Crippen LogP contribution in [0.1, 0.15) is 24.0 Å². The van der Waals surface area contributed by atoms with Crippen molar-refractivity contribution in [3.63, 3.8) is 0 Å². The molecule has 1 heterocycles. The number of nitrogens with two attached hydrogens (primary N) is 1. The standard InChI is InChI=1S/C13H13BrF2N2O/c14-9-4-3-8-2-1-5-12(10(8)6-9)13(15,16)7-19-11(17)18-12/h3-4,6H,1-2,5,7H2,(H2,17,18). The van der Waals surface area contributed by atoms with Gasteiger partial charge in [-0.3, -0.25) is 0 Å². The van der Waals surface area contributed by atoms with Gasteiger partial charge in [-0.05, 0) is 42.5 Å². The first kappa shape index (κ1) is 12.8. The summed E-state index contributed by atoms with van der Waals surface area (Å²) in [4.78, 5) is 4.01. The van der Waals surface area contributed by atoms with Gasteiger partial charge in [0.05, 0.1) is 0 Å². The van der Waals surface area contributed by atoms with E-state index < -0.39 is 18.1 Å². The molecule has 0 aromatic heterocycles. The summed E-state index contributed by atoms with van der Waals surface area (Å²) in [6.07, 6.45) is 1.74. The molecule has 0 fully saturated rings. The normalized spacial score (nSPS) is 28.5. The minimum Gasteiger partial charge on any atom is -0.459 e. The Kier molecular flexibility index (Phi) is 2.81. The number of hydrogen-bond donors (Lipinski definition) is 1. The van der Waals surface area contributed by atoms with Crippen LogP contribution in [0.3, 0.4) is 0 Å². The van der Waals surface area contributed by atoms with Crippen molar-refractivity contribution < 1.29 is 13.5 Å². The lowest BCUT2D eigenvalue weighted by Crippen LogP contribution is -2.54. The lowest BCUT2D eigenvalue weighted by atomic mass is 9.73. The van der Waals surface area contributed by atoms with E-state index in [1.165, 1.54) is 0 Å². The van der Waals surface area contributed by atoms with Crippen molar-refractivity contribution in [3.05, 3.63) is 33.8 Å². The first-order valence-corrected chi connectivity index (χ1v) is 6.89. The largest absolute Gasteiger partial charge is 0.459 e. The van der Waals surface area contributed by atoms with Gasteiger partial charge in [0.1, 0.15) is 0 Å². The lowest BCUT2D eigenvalue weighted by Gasteiger charge is -2.43. The smallest absolute Gasteiger partial charge is 0.310 e. The number of alkyl halides is 2. The topological polar surface area (TPSA) is 47.6 Å². The third-order valence-corrected chi connectivity index (χ3v) is 4.30. The molecule has 2 N–H and O–H groups in total. The maximum absolute atomic E-state index is 14.4. The molecule has 1 unspecified atom stereocenters. The van der Waals surface area contributed by atoms with E-state index in [2.05, 4.69) is 20.9 Å². The highest BCUT2D eigenvalue weighted by Crippen LogP contribution is 2.51. The van der Waals surface area contributed by atoms with Gasteiger partial charge in [0, 0.05) is 4.47 Å². The van der Waals surface area contributed by atoms with E-state index >= 15 is 0 Å². The number of benzene rings is 1. The second kappa shape index (κ2) is 4.16. The molecule has 1 aromatic rings. The predicted octanol–water partition coefficient (Wildman–Crippen LogP) is 2.96. The number of aliphatic imine (C=N–C) groups is 1. The van der Waals surface area contributed by atoms with Crippen molar-refractivity contribution in [2.45, 2.75) is 30.7 Å². The average molecular weight is 331 g/mol. The zero-order valence-corrected chi connectivity index (χ0v) is 11.7. The molecule has 19 heavy (non-hydrogen) atoms. The first-order valence-electron chi connectivity index (χ1n) is 6.09. The molecule has 3 rings (SSSR count). The van der Waals surface area contributed by atoms with Crippen LogP contribution in [0.25, 0.3) is 0 Å². The molecule has 1 aromatic carbocycles. The van der Waals surface area contributed by atoms with E-state index in [1.54, 1.807) is 6.07 Å². The van der Waals surface area contributed by atoms with Gasteiger partial charge >= 0.3 is 5.92 Å². The summed E-state index contributed by atoms with van der Waals surface area (Å²) < 4.78 is 34.4. The van der Waals surface area contributed by atoms with Crippen molar-refractivity contribution in [2.75, 3.05) is 6.61 Å². The molecule has 0 radical (unpaired) electrons. The Morgan fingerprint density at radius 2 is 2.16 bits per heavy atom. The van der Waals surface area contributed by atoms with Crippen molar-refractivity contribution in [2.24, 2.45) is 10.7 Å². The summed E-state index contributed by atoms with van der Waals surface area (Å²) in [5.74, 6) is -3.05. The molecule has 0 bridgehead atoms. The minimum absolute atomic E-state index is 0.154. The van der Waals surface area contributed by atoms with Crippen molar-refractivity contribution in [1.29, 1.82) is 0 Å². The van der Waals surface area contributed by atoms with Crippen molar-refractivity contribution >= 4 is 22.0 Å². The number of hydrogen-bond acceptors (Lipinski definition) is 3. The van der Waals surface area contributed by atoms with Crippen LogP contribution in [0, 0.1) is 0 Å². The van der Waals surface area contributed by atoms with Crippen molar-refractivity contribution in [1.82, 2.24) is 0 Å². The van der Waals surface area contributed by atoms with E-state index in [9.17, 15) is 8.78 Å². The molecule has 102 valence electrons. The zero-order chi connectivity index (χ0) is 13.7. The molecule has 3 nitrogen and oxygen atoms in total. The maximum atomic E-state index is 14.4. The Labute approximate surface area is 118 Å². The molecule has 0 saturated heterocycles. The molecule has 2 aliphatic rings. The van der Waals surface area contributed by atoms with Crippen LogP contribution >= 0.6 is 15.9 Å². The van der Waals surface area contributed by atoms with Gasteiger partial charge in [0.2, 0.25) is 0 Å². The summed E-state index contributed by atoms with van der Waals surface area (Å²) in [6, 6.07) is 5.31. The van der Waals surface area contributed by atoms with Crippen LogP contribution in [0.15, 0.2) is 27.7 Å². The molecule has 1 aliphatic carbocycles. The number of halogens is 3. The number of amidine groups is 1. The third-order valence-electron chi connectivity index (χ3n) is 3.81. The Morgan fingerprint density at radius 1 is 1.37 bits per heavy atom. The van der Waals surface area contributed by atoms with Gasteiger partial charge in [-0.25, -0.2) is 4.99 Å². The second-order valence-corrected chi connectivity index (χ2v) is 5.87. The lowest BCUT2D eigenvalue weighted by molar-refractivity contribution is -0.127. The Morgan fingerprint density at radius 3 is 2.95 bits per heavy atom. The summed E-state index contributed by atoms with van der Waals surface area (Å²) in [5, 5.41) is 0. The first-order chi connectivity index (χ1) is 8.95. The summed E-state index contributed by atoms with van der Waals surface area (Å²) >= 11 is 3.34. The maximum Gasteiger partial charge on any atom is 0.310 e. The molecule has 0 amide bonds. The fraction of sp³-hybridized carbons (Fsp3) is 0.462. The van der Waals surface area contributed by atoms with Crippen LogP contribution in [0.2, 0.25) is 0 Å². The number of fused-ring (bicyclic) bond motifs is 2. The van der Waals surface area contributed by atoms with E-state index in [0.29, 0.717) is 12.0 Å². The fourth-order valence-electron chi connectivity index (χ4n) is 2.90. The highest BCUT2D eigenvalue weighted by Gasteiger charge is 2.59. The molecule has 1 spiro atoms. The summed E-state index contributed by atoms with van der Waals surface area (Å²) in [6.45, 7) is -0.714. The molecule has 0 saturated carbocycles. The predicted molar refractivity (Wildman–Crippen MR) is 71.3 cm³/mol. The van der Waals surface area contributed by atoms with E-state index in [4.69, 9.17) is 10.5 Å². The highest BCUT2D eigenvalue weighted by atomic mass is 79.9. The number of nitrogens with zero attached hydrogens (tertiary/aromatic N) is 1. The highest BCUT2D eigenvalue weighted by molar-refractivity contribution is 9.10. The monoisotopic (exact) mass is 330 g/mol. The second-order valence-electron chi connectivity index (χ2n) is 4.96. The van der Waals surface area contributed by atoms with Gasteiger partial charge in [-0.2, -0.15) is 8.78 Å². The molecule has 1 aliphatic heterocycles. The summed E-state index contributed by atoms with van der Waals surface area (Å²) in [7, 11) is 0. The van der Waals surface area contributed by atoms with E-state index in [0.717, 1.165) is 16.5 Å². The molecular formula is C13H13BrF2N2O. The zero-order valence-electron chi connectivity index (χ0n) is 10.1. The summed E-state index contributed by atoms with van der Waals surface area (Å²) in [5.41, 5.74) is 5.43.